The van der Waals surface area contributed by atoms with Gasteiger partial charge in [0.2, 0.25) is 0 Å². The molecular weight excluding hydrogens is 330 g/mol. The fourth-order valence-corrected chi connectivity index (χ4v) is 3.76. The molecule has 1 saturated heterocycles. The van der Waals surface area contributed by atoms with Gasteiger partial charge in [-0.15, -0.1) is 0 Å². The lowest BCUT2D eigenvalue weighted by molar-refractivity contribution is 0.182. The Kier molecular flexibility index (Phi) is 3.96. The molecular formula is C19H23N5O2. The number of aromatic nitrogens is 4. The SMILES string of the molecule is O=c1ccc(C2CC2)nn1C1COCC1Nc1cc(C2CCC2)ncn1. The quantitative estimate of drug-likeness (QED) is 0.888. The van der Waals surface area contributed by atoms with E-state index >= 15 is 0 Å². The molecule has 7 heteroatoms. The zero-order chi connectivity index (χ0) is 17.5. The van der Waals surface area contributed by atoms with Crippen LogP contribution in [0.1, 0.15) is 61.4 Å². The second kappa shape index (κ2) is 6.46. The van der Waals surface area contributed by atoms with Crippen molar-refractivity contribution in [3.8, 4) is 0 Å². The van der Waals surface area contributed by atoms with E-state index in [0.717, 1.165) is 17.2 Å². The van der Waals surface area contributed by atoms with Crippen LogP contribution in [-0.4, -0.2) is 39.0 Å². The molecule has 1 N–H and O–H groups in total. The van der Waals surface area contributed by atoms with E-state index in [4.69, 9.17) is 4.74 Å². The lowest BCUT2D eigenvalue weighted by Crippen LogP contribution is -2.37. The van der Waals surface area contributed by atoms with E-state index in [1.54, 1.807) is 17.1 Å². The van der Waals surface area contributed by atoms with Crippen molar-refractivity contribution in [2.24, 2.45) is 0 Å². The van der Waals surface area contributed by atoms with Crippen molar-refractivity contribution < 1.29 is 4.74 Å². The molecule has 2 aliphatic carbocycles. The van der Waals surface area contributed by atoms with Crippen LogP contribution in [-0.2, 0) is 4.74 Å². The molecule has 1 aliphatic heterocycles. The Morgan fingerprint density at radius 2 is 1.88 bits per heavy atom. The minimum absolute atomic E-state index is 0.0289. The maximum absolute atomic E-state index is 12.4. The lowest BCUT2D eigenvalue weighted by atomic mass is 9.83. The van der Waals surface area contributed by atoms with Gasteiger partial charge in [-0.3, -0.25) is 4.79 Å². The van der Waals surface area contributed by atoms with Gasteiger partial charge in [0.05, 0.1) is 24.9 Å². The van der Waals surface area contributed by atoms with Crippen LogP contribution >= 0.6 is 0 Å². The Hall–Kier alpha value is -2.28. The Morgan fingerprint density at radius 3 is 2.65 bits per heavy atom. The molecule has 3 heterocycles. The third-order valence-electron chi connectivity index (χ3n) is 5.75. The van der Waals surface area contributed by atoms with E-state index in [0.29, 0.717) is 25.0 Å². The normalized spacial score (nSPS) is 25.8. The number of hydrogen-bond acceptors (Lipinski definition) is 6. The highest BCUT2D eigenvalue weighted by Gasteiger charge is 2.33. The largest absolute Gasteiger partial charge is 0.377 e. The summed E-state index contributed by atoms with van der Waals surface area (Å²) in [5, 5.41) is 8.08. The standard InChI is InChI=1S/C19H23N5O2/c25-19-7-6-14(13-4-5-13)23-24(19)17-10-26-9-16(17)22-18-8-15(20-11-21-18)12-2-1-3-12/h6-8,11-13,16-17H,1-5,9-10H2,(H,20,21,22). The van der Waals surface area contributed by atoms with Crippen molar-refractivity contribution in [1.29, 1.82) is 0 Å². The molecule has 0 aromatic carbocycles. The summed E-state index contributed by atoms with van der Waals surface area (Å²) < 4.78 is 7.28. The molecule has 2 saturated carbocycles. The summed E-state index contributed by atoms with van der Waals surface area (Å²) in [4.78, 5) is 21.2. The van der Waals surface area contributed by atoms with Crippen LogP contribution in [0.3, 0.4) is 0 Å². The molecule has 26 heavy (non-hydrogen) atoms. The van der Waals surface area contributed by atoms with Crippen LogP contribution in [0.15, 0.2) is 29.3 Å². The molecule has 2 unspecified atom stereocenters. The van der Waals surface area contributed by atoms with E-state index in [-0.39, 0.29) is 17.6 Å². The summed E-state index contributed by atoms with van der Waals surface area (Å²) in [5.41, 5.74) is 2.05. The van der Waals surface area contributed by atoms with Gasteiger partial charge in [-0.2, -0.15) is 5.10 Å². The molecule has 3 fully saturated rings. The summed E-state index contributed by atoms with van der Waals surface area (Å²) in [5.74, 6) is 1.88. The average Bonchev–Trinajstić information content (AvgIpc) is 3.35. The molecule has 0 spiro atoms. The second-order valence-electron chi connectivity index (χ2n) is 7.63. The maximum atomic E-state index is 12.4. The molecule has 0 amide bonds. The predicted molar refractivity (Wildman–Crippen MR) is 96.4 cm³/mol. The van der Waals surface area contributed by atoms with E-state index in [2.05, 4.69) is 20.4 Å². The van der Waals surface area contributed by atoms with Gasteiger partial charge in [-0.1, -0.05) is 6.42 Å². The molecule has 2 atom stereocenters. The number of rotatable bonds is 5. The highest BCUT2D eigenvalue weighted by Crippen LogP contribution is 2.38. The van der Waals surface area contributed by atoms with Crippen LogP contribution in [0.2, 0.25) is 0 Å². The molecule has 3 aliphatic rings. The van der Waals surface area contributed by atoms with Crippen molar-refractivity contribution in [1.82, 2.24) is 19.7 Å². The number of nitrogens with one attached hydrogen (secondary N) is 1. The number of ether oxygens (including phenoxy) is 1. The summed E-state index contributed by atoms with van der Waals surface area (Å²) in [6.07, 6.45) is 7.65. The molecule has 0 radical (unpaired) electrons. The van der Waals surface area contributed by atoms with E-state index < -0.39 is 0 Å². The second-order valence-corrected chi connectivity index (χ2v) is 7.63. The highest BCUT2D eigenvalue weighted by molar-refractivity contribution is 5.38. The van der Waals surface area contributed by atoms with Gasteiger partial charge >= 0.3 is 0 Å². The zero-order valence-corrected chi connectivity index (χ0v) is 14.7. The Balaban J connectivity index is 1.37. The average molecular weight is 353 g/mol. The predicted octanol–water partition coefficient (Wildman–Crippen LogP) is 2.23. The van der Waals surface area contributed by atoms with Crippen LogP contribution in [0, 0.1) is 0 Å². The molecule has 2 aromatic heterocycles. The Morgan fingerprint density at radius 1 is 1.04 bits per heavy atom. The third kappa shape index (κ3) is 3.00. The van der Waals surface area contributed by atoms with Crippen molar-refractivity contribution in [2.75, 3.05) is 18.5 Å². The fraction of sp³-hybridized carbons (Fsp3) is 0.579. The van der Waals surface area contributed by atoms with Crippen LogP contribution in [0.4, 0.5) is 5.82 Å². The minimum atomic E-state index is -0.122. The van der Waals surface area contributed by atoms with Crippen molar-refractivity contribution in [3.05, 3.63) is 46.3 Å². The summed E-state index contributed by atoms with van der Waals surface area (Å²) in [6.45, 7) is 1.02. The van der Waals surface area contributed by atoms with E-state index in [1.165, 1.54) is 32.1 Å². The Labute approximate surface area is 151 Å². The van der Waals surface area contributed by atoms with Gasteiger partial charge in [0.25, 0.3) is 5.56 Å². The van der Waals surface area contributed by atoms with Crippen molar-refractivity contribution in [3.63, 3.8) is 0 Å². The van der Waals surface area contributed by atoms with Gasteiger partial charge < -0.3 is 10.1 Å². The number of anilines is 1. The first kappa shape index (κ1) is 15.9. The molecule has 7 nitrogen and oxygen atoms in total. The van der Waals surface area contributed by atoms with Crippen molar-refractivity contribution >= 4 is 5.82 Å². The first-order valence-corrected chi connectivity index (χ1v) is 9.54. The van der Waals surface area contributed by atoms with Gasteiger partial charge in [0.15, 0.2) is 0 Å². The van der Waals surface area contributed by atoms with E-state index in [1.807, 2.05) is 12.1 Å². The molecule has 136 valence electrons. The van der Waals surface area contributed by atoms with Crippen LogP contribution in [0.25, 0.3) is 0 Å². The maximum Gasteiger partial charge on any atom is 0.267 e. The Bertz CT molecular complexity index is 859. The van der Waals surface area contributed by atoms with Crippen molar-refractivity contribution in [2.45, 2.75) is 56.0 Å². The molecule has 5 rings (SSSR count). The third-order valence-corrected chi connectivity index (χ3v) is 5.75. The van der Waals surface area contributed by atoms with E-state index in [9.17, 15) is 4.79 Å². The number of nitrogens with zero attached hydrogens (tertiary/aromatic N) is 4. The topological polar surface area (TPSA) is 81.9 Å². The first-order chi connectivity index (χ1) is 12.8. The van der Waals surface area contributed by atoms with Crippen LogP contribution < -0.4 is 10.9 Å². The summed E-state index contributed by atoms with van der Waals surface area (Å²) in [6, 6.07) is 5.39. The highest BCUT2D eigenvalue weighted by atomic mass is 16.5. The fourth-order valence-electron chi connectivity index (χ4n) is 3.76. The van der Waals surface area contributed by atoms with Gasteiger partial charge in [-0.05, 0) is 31.7 Å². The number of hydrogen-bond donors (Lipinski definition) is 1. The molecule has 2 aromatic rings. The molecule has 0 bridgehead atoms. The summed E-state index contributed by atoms with van der Waals surface area (Å²) in [7, 11) is 0. The van der Waals surface area contributed by atoms with Gasteiger partial charge in [-0.25, -0.2) is 14.6 Å². The van der Waals surface area contributed by atoms with Gasteiger partial charge in [0, 0.05) is 29.7 Å². The van der Waals surface area contributed by atoms with Crippen LogP contribution in [0.5, 0.6) is 0 Å². The van der Waals surface area contributed by atoms with Gasteiger partial charge in [0.1, 0.15) is 18.2 Å². The monoisotopic (exact) mass is 353 g/mol. The first-order valence-electron chi connectivity index (χ1n) is 9.54. The zero-order valence-electron chi connectivity index (χ0n) is 14.7. The summed E-state index contributed by atoms with van der Waals surface area (Å²) >= 11 is 0. The smallest absolute Gasteiger partial charge is 0.267 e. The lowest BCUT2D eigenvalue weighted by Gasteiger charge is -2.25. The minimum Gasteiger partial charge on any atom is -0.377 e.